The van der Waals surface area contributed by atoms with Gasteiger partial charge in [0.05, 0.1) is 5.56 Å². The third-order valence-electron chi connectivity index (χ3n) is 4.25. The largest absolute Gasteiger partial charge is 0.491 e. The topological polar surface area (TPSA) is 50.7 Å². The summed E-state index contributed by atoms with van der Waals surface area (Å²) >= 11 is 0. The minimum absolute atomic E-state index is 0.0607. The lowest BCUT2D eigenvalue weighted by Crippen LogP contribution is -2.41. The molecule has 1 aromatic carbocycles. The highest BCUT2D eigenvalue weighted by Gasteiger charge is 2.30. The maximum atomic E-state index is 12.6. The molecule has 2 atom stereocenters. The van der Waals surface area contributed by atoms with Crippen molar-refractivity contribution in [3.63, 3.8) is 0 Å². The molecular formula is C17H24F3NO3. The average Bonchev–Trinajstić information content (AvgIpc) is 2.58. The molecule has 1 aliphatic rings. The van der Waals surface area contributed by atoms with Crippen molar-refractivity contribution in [2.75, 3.05) is 26.4 Å². The van der Waals surface area contributed by atoms with E-state index in [4.69, 9.17) is 9.47 Å². The molecule has 1 aromatic rings. The molecule has 7 heteroatoms. The number of aliphatic hydroxyl groups excluding tert-OH is 1. The highest BCUT2D eigenvalue weighted by atomic mass is 19.4. The number of rotatable bonds is 7. The van der Waals surface area contributed by atoms with E-state index in [9.17, 15) is 18.3 Å². The summed E-state index contributed by atoms with van der Waals surface area (Å²) in [4.78, 5) is 0. The normalized spacial score (nSPS) is 19.0. The first kappa shape index (κ1) is 19.0. The highest BCUT2D eigenvalue weighted by Crippen LogP contribution is 2.31. The van der Waals surface area contributed by atoms with Gasteiger partial charge in [-0.05, 0) is 43.9 Å². The summed E-state index contributed by atoms with van der Waals surface area (Å²) in [6.07, 6.45) is -3.21. The summed E-state index contributed by atoms with van der Waals surface area (Å²) in [5.74, 6) is 0.608. The van der Waals surface area contributed by atoms with Gasteiger partial charge in [0.15, 0.2) is 0 Å². The molecule has 2 N–H and O–H groups in total. The van der Waals surface area contributed by atoms with Crippen LogP contribution in [0.1, 0.15) is 25.3 Å². The third-order valence-corrected chi connectivity index (χ3v) is 4.25. The van der Waals surface area contributed by atoms with E-state index in [1.54, 1.807) is 0 Å². The second kappa shape index (κ2) is 8.69. The van der Waals surface area contributed by atoms with Gasteiger partial charge in [-0.25, -0.2) is 0 Å². The van der Waals surface area contributed by atoms with Crippen LogP contribution in [0.3, 0.4) is 0 Å². The molecule has 0 spiro atoms. The van der Waals surface area contributed by atoms with Gasteiger partial charge in [0.2, 0.25) is 0 Å². The van der Waals surface area contributed by atoms with Gasteiger partial charge < -0.3 is 19.9 Å². The van der Waals surface area contributed by atoms with Gasteiger partial charge in [-0.1, -0.05) is 6.07 Å². The van der Waals surface area contributed by atoms with Crippen molar-refractivity contribution in [2.45, 2.75) is 38.1 Å². The molecule has 0 aliphatic carbocycles. The number of ether oxygens (including phenoxy) is 2. The molecule has 4 nitrogen and oxygen atoms in total. The van der Waals surface area contributed by atoms with Crippen molar-refractivity contribution in [3.8, 4) is 5.75 Å². The van der Waals surface area contributed by atoms with Crippen LogP contribution in [0, 0.1) is 5.92 Å². The first-order valence-corrected chi connectivity index (χ1v) is 8.15. The van der Waals surface area contributed by atoms with Crippen LogP contribution in [0.15, 0.2) is 24.3 Å². The van der Waals surface area contributed by atoms with Crippen LogP contribution in [0.5, 0.6) is 5.75 Å². The quantitative estimate of drug-likeness (QED) is 0.796. The maximum Gasteiger partial charge on any atom is 0.416 e. The average molecular weight is 347 g/mol. The Morgan fingerprint density at radius 3 is 2.71 bits per heavy atom. The minimum atomic E-state index is -4.40. The summed E-state index contributed by atoms with van der Waals surface area (Å²) in [5, 5.41) is 13.2. The lowest BCUT2D eigenvalue weighted by molar-refractivity contribution is -0.137. The number of aliphatic hydroxyl groups is 1. The molecule has 1 fully saturated rings. The van der Waals surface area contributed by atoms with E-state index >= 15 is 0 Å². The summed E-state index contributed by atoms with van der Waals surface area (Å²) in [5.41, 5.74) is -0.763. The van der Waals surface area contributed by atoms with Crippen molar-refractivity contribution in [1.82, 2.24) is 5.32 Å². The van der Waals surface area contributed by atoms with Crippen LogP contribution in [-0.2, 0) is 10.9 Å². The van der Waals surface area contributed by atoms with E-state index in [2.05, 4.69) is 12.2 Å². The number of benzene rings is 1. The van der Waals surface area contributed by atoms with Crippen molar-refractivity contribution in [3.05, 3.63) is 29.8 Å². The van der Waals surface area contributed by atoms with Gasteiger partial charge in [0.25, 0.3) is 0 Å². The smallest absolute Gasteiger partial charge is 0.416 e. The summed E-state index contributed by atoms with van der Waals surface area (Å²) < 4.78 is 48.5. The van der Waals surface area contributed by atoms with E-state index < -0.39 is 17.8 Å². The van der Waals surface area contributed by atoms with Crippen molar-refractivity contribution in [2.24, 2.45) is 5.92 Å². The Hall–Kier alpha value is -1.31. The fraction of sp³-hybridized carbons (Fsp3) is 0.647. The number of hydrogen-bond acceptors (Lipinski definition) is 4. The number of halogens is 3. The Kier molecular flexibility index (Phi) is 6.89. The van der Waals surface area contributed by atoms with Crippen LogP contribution in [0.25, 0.3) is 0 Å². The van der Waals surface area contributed by atoms with Crippen molar-refractivity contribution < 1.29 is 27.8 Å². The molecule has 0 radical (unpaired) electrons. The Balaban J connectivity index is 1.73. The Morgan fingerprint density at radius 2 is 2.04 bits per heavy atom. The van der Waals surface area contributed by atoms with E-state index in [1.807, 2.05) is 0 Å². The molecule has 0 saturated carbocycles. The van der Waals surface area contributed by atoms with Gasteiger partial charge >= 0.3 is 6.18 Å². The monoisotopic (exact) mass is 347 g/mol. The van der Waals surface area contributed by atoms with Crippen LogP contribution in [0.4, 0.5) is 13.2 Å². The van der Waals surface area contributed by atoms with Crippen molar-refractivity contribution in [1.29, 1.82) is 0 Å². The summed E-state index contributed by atoms with van der Waals surface area (Å²) in [7, 11) is 0. The van der Waals surface area contributed by atoms with Crippen LogP contribution in [-0.4, -0.2) is 43.6 Å². The molecule has 2 rings (SSSR count). The lowest BCUT2D eigenvalue weighted by Gasteiger charge is -2.29. The van der Waals surface area contributed by atoms with E-state index in [1.165, 1.54) is 12.1 Å². The zero-order valence-corrected chi connectivity index (χ0v) is 13.7. The maximum absolute atomic E-state index is 12.6. The van der Waals surface area contributed by atoms with Gasteiger partial charge in [-0.2, -0.15) is 13.2 Å². The zero-order chi connectivity index (χ0) is 17.6. The molecule has 1 aliphatic heterocycles. The third kappa shape index (κ3) is 5.96. The first-order chi connectivity index (χ1) is 11.4. The van der Waals surface area contributed by atoms with E-state index in [0.29, 0.717) is 12.5 Å². The van der Waals surface area contributed by atoms with Gasteiger partial charge in [0.1, 0.15) is 18.5 Å². The minimum Gasteiger partial charge on any atom is -0.491 e. The van der Waals surface area contributed by atoms with E-state index in [0.717, 1.165) is 38.2 Å². The SMILES string of the molecule is CC(NCC(O)COc1cccc(C(F)(F)F)c1)C1CCOCC1. The molecular weight excluding hydrogens is 323 g/mol. The second-order valence-electron chi connectivity index (χ2n) is 6.14. The molecule has 2 unspecified atom stereocenters. The number of hydrogen-bond donors (Lipinski definition) is 2. The zero-order valence-electron chi connectivity index (χ0n) is 13.7. The predicted octanol–water partition coefficient (Wildman–Crippen LogP) is 2.85. The molecule has 0 amide bonds. The molecule has 24 heavy (non-hydrogen) atoms. The highest BCUT2D eigenvalue weighted by molar-refractivity contribution is 5.30. The van der Waals surface area contributed by atoms with Crippen LogP contribution in [0.2, 0.25) is 0 Å². The molecule has 136 valence electrons. The fourth-order valence-electron chi connectivity index (χ4n) is 2.72. The Bertz CT molecular complexity index is 504. The van der Waals surface area contributed by atoms with Gasteiger partial charge in [0, 0.05) is 25.8 Å². The summed E-state index contributed by atoms with van der Waals surface area (Å²) in [6, 6.07) is 4.90. The van der Waals surface area contributed by atoms with Crippen molar-refractivity contribution >= 4 is 0 Å². The fourth-order valence-corrected chi connectivity index (χ4v) is 2.72. The standard InChI is InChI=1S/C17H24F3NO3/c1-12(13-5-7-23-8-6-13)21-10-15(22)11-24-16-4-2-3-14(9-16)17(18,19)20/h2-4,9,12-13,15,21-22H,5-8,10-11H2,1H3. The summed E-state index contributed by atoms with van der Waals surface area (Å²) in [6.45, 7) is 3.86. The first-order valence-electron chi connectivity index (χ1n) is 8.15. The van der Waals surface area contributed by atoms with Gasteiger partial charge in [-0.3, -0.25) is 0 Å². The van der Waals surface area contributed by atoms with Gasteiger partial charge in [-0.15, -0.1) is 0 Å². The number of alkyl halides is 3. The lowest BCUT2D eigenvalue weighted by atomic mass is 9.93. The molecule has 1 saturated heterocycles. The molecule has 1 heterocycles. The van der Waals surface area contributed by atoms with E-state index in [-0.39, 0.29) is 18.4 Å². The van der Waals surface area contributed by atoms with Crippen LogP contribution >= 0.6 is 0 Å². The number of nitrogens with one attached hydrogen (secondary N) is 1. The Labute approximate surface area is 140 Å². The molecule has 0 bridgehead atoms. The van der Waals surface area contributed by atoms with Crippen LogP contribution < -0.4 is 10.1 Å². The Morgan fingerprint density at radius 1 is 1.33 bits per heavy atom. The second-order valence-corrected chi connectivity index (χ2v) is 6.14. The molecule has 0 aromatic heterocycles. The predicted molar refractivity (Wildman–Crippen MR) is 84.0 cm³/mol.